The Hall–Kier alpha value is -3.15. The minimum atomic E-state index is -0.591. The lowest BCUT2D eigenvalue weighted by Gasteiger charge is -2.11. The number of hydrogen-bond acceptors (Lipinski definition) is 5. The van der Waals surface area contributed by atoms with Crippen LogP contribution in [0.5, 0.6) is 11.5 Å². The molecule has 130 valence electrons. The van der Waals surface area contributed by atoms with Crippen LogP contribution in [0.2, 0.25) is 0 Å². The average Bonchev–Trinajstić information content (AvgIpc) is 2.59. The van der Waals surface area contributed by atoms with Gasteiger partial charge in [-0.2, -0.15) is 0 Å². The Morgan fingerprint density at radius 2 is 1.84 bits per heavy atom. The molecule has 0 radical (unpaired) electrons. The number of hydrogen-bond donors (Lipinski definition) is 0. The van der Waals surface area contributed by atoms with Crippen LogP contribution >= 0.6 is 0 Å². The number of carbonyl (C=O) groups excluding carboxylic acids is 1. The second-order valence-electron chi connectivity index (χ2n) is 5.55. The maximum absolute atomic E-state index is 12.4. The van der Waals surface area contributed by atoms with Crippen molar-refractivity contribution in [3.05, 3.63) is 69.8 Å². The van der Waals surface area contributed by atoms with E-state index < -0.39 is 10.7 Å². The van der Waals surface area contributed by atoms with Crippen molar-refractivity contribution in [1.82, 2.24) is 0 Å². The van der Waals surface area contributed by atoms with Crippen LogP contribution in [0, 0.1) is 10.1 Å². The van der Waals surface area contributed by atoms with Crippen LogP contribution in [0.15, 0.2) is 48.5 Å². The van der Waals surface area contributed by atoms with Crippen LogP contribution in [0.4, 0.5) is 5.69 Å². The maximum Gasteiger partial charge on any atom is 0.322 e. The molecule has 0 aliphatic heterocycles. The largest absolute Gasteiger partial charge is 0.497 e. The smallest absolute Gasteiger partial charge is 0.322 e. The number of ether oxygens (including phenoxy) is 2. The van der Waals surface area contributed by atoms with Crippen LogP contribution in [-0.2, 0) is 0 Å². The lowest BCUT2D eigenvalue weighted by Crippen LogP contribution is -2.10. The Kier molecular flexibility index (Phi) is 5.89. The summed E-state index contributed by atoms with van der Waals surface area (Å²) in [6, 6.07) is 11.6. The molecule has 0 amide bonds. The first-order valence-electron chi connectivity index (χ1n) is 7.73. The summed E-state index contributed by atoms with van der Waals surface area (Å²) in [7, 11) is 1.57. The zero-order valence-electron chi connectivity index (χ0n) is 14.3. The molecule has 0 unspecified atom stereocenters. The van der Waals surface area contributed by atoms with Crippen molar-refractivity contribution in [3.8, 4) is 11.5 Å². The van der Waals surface area contributed by atoms with Gasteiger partial charge < -0.3 is 9.47 Å². The molecule has 0 aliphatic carbocycles. The minimum absolute atomic E-state index is 0.00656. The number of ketones is 1. The third-order valence-electron chi connectivity index (χ3n) is 3.35. The van der Waals surface area contributed by atoms with E-state index in [2.05, 4.69) is 0 Å². The quantitative estimate of drug-likeness (QED) is 0.325. The van der Waals surface area contributed by atoms with Gasteiger partial charge in [0, 0.05) is 0 Å². The Bertz CT molecular complexity index is 794. The van der Waals surface area contributed by atoms with Gasteiger partial charge >= 0.3 is 5.69 Å². The third-order valence-corrected chi connectivity index (χ3v) is 3.35. The van der Waals surface area contributed by atoms with Crippen molar-refractivity contribution >= 4 is 17.5 Å². The van der Waals surface area contributed by atoms with E-state index in [1.165, 1.54) is 18.2 Å². The maximum atomic E-state index is 12.4. The van der Waals surface area contributed by atoms with Gasteiger partial charge in [-0.25, -0.2) is 0 Å². The van der Waals surface area contributed by atoms with E-state index in [4.69, 9.17) is 9.47 Å². The number of rotatable bonds is 7. The number of para-hydroxylation sites is 1. The summed E-state index contributed by atoms with van der Waals surface area (Å²) in [5.41, 5.74) is 0.458. The van der Waals surface area contributed by atoms with Crippen LogP contribution in [0.25, 0.3) is 6.08 Å². The standard InChI is InChI=1S/C19H19NO5/c1-13(2)25-18-6-4-5-16(19(18)20(22)23)17(21)12-9-14-7-10-15(24-3)11-8-14/h4-13H,1-3H3/b12-9+. The number of nitro benzene ring substituents is 1. The second kappa shape index (κ2) is 8.10. The summed E-state index contributed by atoms with van der Waals surface area (Å²) in [6.45, 7) is 3.53. The van der Waals surface area contributed by atoms with Gasteiger partial charge in [-0.1, -0.05) is 24.3 Å². The lowest BCUT2D eigenvalue weighted by atomic mass is 10.1. The molecule has 0 bridgehead atoms. The highest BCUT2D eigenvalue weighted by molar-refractivity contribution is 6.10. The van der Waals surface area contributed by atoms with Gasteiger partial charge in [-0.3, -0.25) is 14.9 Å². The molecule has 0 saturated carbocycles. The van der Waals surface area contributed by atoms with Gasteiger partial charge in [-0.15, -0.1) is 0 Å². The molecule has 2 aromatic carbocycles. The van der Waals surface area contributed by atoms with Crippen molar-refractivity contribution in [2.75, 3.05) is 7.11 Å². The molecule has 0 aromatic heterocycles. The molecule has 0 atom stereocenters. The number of benzene rings is 2. The van der Waals surface area contributed by atoms with Gasteiger partial charge in [0.15, 0.2) is 11.5 Å². The molecule has 2 aromatic rings. The monoisotopic (exact) mass is 341 g/mol. The molecular weight excluding hydrogens is 322 g/mol. The van der Waals surface area contributed by atoms with Gasteiger partial charge in [0.1, 0.15) is 11.3 Å². The molecule has 0 fully saturated rings. The fourth-order valence-electron chi connectivity index (χ4n) is 2.24. The predicted octanol–water partition coefficient (Wildman–Crippen LogP) is 4.29. The van der Waals surface area contributed by atoms with E-state index in [1.54, 1.807) is 57.4 Å². The fourth-order valence-corrected chi connectivity index (χ4v) is 2.24. The first-order valence-corrected chi connectivity index (χ1v) is 7.73. The first-order chi connectivity index (χ1) is 11.9. The molecule has 6 heteroatoms. The summed E-state index contributed by atoms with van der Waals surface area (Å²) < 4.78 is 10.5. The third kappa shape index (κ3) is 4.67. The first kappa shape index (κ1) is 18.2. The van der Waals surface area contributed by atoms with Gasteiger partial charge in [0.05, 0.1) is 18.1 Å². The van der Waals surface area contributed by atoms with Crippen LogP contribution < -0.4 is 9.47 Å². The zero-order valence-corrected chi connectivity index (χ0v) is 14.3. The molecule has 0 heterocycles. The molecule has 25 heavy (non-hydrogen) atoms. The van der Waals surface area contributed by atoms with Gasteiger partial charge in [-0.05, 0) is 49.8 Å². The zero-order chi connectivity index (χ0) is 18.4. The summed E-state index contributed by atoms with van der Waals surface area (Å²) in [5, 5.41) is 11.4. The molecule has 0 aliphatic rings. The predicted molar refractivity (Wildman–Crippen MR) is 95.2 cm³/mol. The summed E-state index contributed by atoms with van der Waals surface area (Å²) >= 11 is 0. The molecule has 0 saturated heterocycles. The van der Waals surface area contributed by atoms with Crippen molar-refractivity contribution in [3.63, 3.8) is 0 Å². The van der Waals surface area contributed by atoms with Crippen LogP contribution in [-0.4, -0.2) is 23.9 Å². The van der Waals surface area contributed by atoms with Crippen molar-refractivity contribution in [2.24, 2.45) is 0 Å². The minimum Gasteiger partial charge on any atom is -0.497 e. The van der Waals surface area contributed by atoms with Crippen molar-refractivity contribution in [1.29, 1.82) is 0 Å². The average molecular weight is 341 g/mol. The van der Waals surface area contributed by atoms with E-state index in [1.807, 2.05) is 0 Å². The van der Waals surface area contributed by atoms with Crippen molar-refractivity contribution < 1.29 is 19.2 Å². The molecule has 0 N–H and O–H groups in total. The van der Waals surface area contributed by atoms with Crippen LogP contribution in [0.3, 0.4) is 0 Å². The number of nitrogens with zero attached hydrogens (tertiary/aromatic N) is 1. The molecular formula is C19H19NO5. The fraction of sp³-hybridized carbons (Fsp3) is 0.211. The summed E-state index contributed by atoms with van der Waals surface area (Å²) in [5.74, 6) is 0.332. The number of allylic oxidation sites excluding steroid dienone is 1. The highest BCUT2D eigenvalue weighted by Crippen LogP contribution is 2.32. The number of methoxy groups -OCH3 is 1. The van der Waals surface area contributed by atoms with Gasteiger partial charge in [0.2, 0.25) is 0 Å². The summed E-state index contributed by atoms with van der Waals surface area (Å²) in [4.78, 5) is 23.3. The summed E-state index contributed by atoms with van der Waals surface area (Å²) in [6.07, 6.45) is 2.67. The van der Waals surface area contributed by atoms with E-state index in [0.717, 1.165) is 5.56 Å². The highest BCUT2D eigenvalue weighted by atomic mass is 16.6. The van der Waals surface area contributed by atoms with Crippen LogP contribution in [0.1, 0.15) is 29.8 Å². The Balaban J connectivity index is 2.31. The molecule has 0 spiro atoms. The van der Waals surface area contributed by atoms with Gasteiger partial charge in [0.25, 0.3) is 0 Å². The topological polar surface area (TPSA) is 78.7 Å². The lowest BCUT2D eigenvalue weighted by molar-refractivity contribution is -0.386. The Morgan fingerprint density at radius 3 is 2.40 bits per heavy atom. The second-order valence-corrected chi connectivity index (χ2v) is 5.55. The van der Waals surface area contributed by atoms with E-state index in [0.29, 0.717) is 5.75 Å². The highest BCUT2D eigenvalue weighted by Gasteiger charge is 2.24. The van der Waals surface area contributed by atoms with Crippen molar-refractivity contribution in [2.45, 2.75) is 20.0 Å². The Labute approximate surface area is 145 Å². The Morgan fingerprint density at radius 1 is 1.16 bits per heavy atom. The normalized spacial score (nSPS) is 10.9. The van der Waals surface area contributed by atoms with E-state index >= 15 is 0 Å². The number of nitro groups is 1. The number of carbonyl (C=O) groups is 1. The SMILES string of the molecule is COc1ccc(/C=C/C(=O)c2cccc(OC(C)C)c2[N+](=O)[O-])cc1. The molecule has 6 nitrogen and oxygen atoms in total. The van der Waals surface area contributed by atoms with E-state index in [-0.39, 0.29) is 23.1 Å². The molecule has 2 rings (SSSR count). The van der Waals surface area contributed by atoms with E-state index in [9.17, 15) is 14.9 Å².